The maximum Gasteiger partial charge on any atom is 0.331 e. The molecule has 0 unspecified atom stereocenters. The summed E-state index contributed by atoms with van der Waals surface area (Å²) < 4.78 is 31.0. The summed E-state index contributed by atoms with van der Waals surface area (Å²) in [5.41, 5.74) is 3.95. The summed E-state index contributed by atoms with van der Waals surface area (Å²) in [6.45, 7) is 4.73. The van der Waals surface area contributed by atoms with Crippen LogP contribution >= 0.6 is 0 Å². The zero-order chi connectivity index (χ0) is 24.8. The molecular formula is C26H26FN3O5. The Bertz CT molecular complexity index is 1250. The molecule has 1 N–H and O–H groups in total. The van der Waals surface area contributed by atoms with Crippen LogP contribution in [-0.4, -0.2) is 48.0 Å². The molecule has 9 heteroatoms. The number of hydrogen-bond donors (Lipinski definition) is 1. The third-order valence-electron chi connectivity index (χ3n) is 5.49. The number of halogens is 1. The number of nitrogens with one attached hydrogen (secondary N) is 1. The van der Waals surface area contributed by atoms with Gasteiger partial charge in [0.25, 0.3) is 5.91 Å². The third kappa shape index (κ3) is 6.06. The molecule has 2 aromatic carbocycles. The second-order valence-corrected chi connectivity index (χ2v) is 7.99. The molecule has 0 atom stereocenters. The van der Waals surface area contributed by atoms with Crippen LogP contribution in [0.5, 0.6) is 11.5 Å². The highest BCUT2D eigenvalue weighted by Gasteiger charge is 2.13. The highest BCUT2D eigenvalue weighted by atomic mass is 19.1. The number of ether oxygens (including phenoxy) is 3. The number of amides is 1. The first-order valence-corrected chi connectivity index (χ1v) is 11.2. The van der Waals surface area contributed by atoms with Crippen molar-refractivity contribution in [2.24, 2.45) is 0 Å². The SMILES string of the molecule is Cc1nn(-c2ccc(F)cc2)c(C)c1/C=C/C(=O)OCC(=O)NCCc1ccc2c(c1)OCCO2. The summed E-state index contributed by atoms with van der Waals surface area (Å²) in [6.07, 6.45) is 3.46. The summed E-state index contributed by atoms with van der Waals surface area (Å²) in [6, 6.07) is 11.7. The van der Waals surface area contributed by atoms with E-state index in [0.29, 0.717) is 43.3 Å². The van der Waals surface area contributed by atoms with Crippen molar-refractivity contribution in [2.45, 2.75) is 20.3 Å². The van der Waals surface area contributed by atoms with Crippen molar-refractivity contribution in [2.75, 3.05) is 26.4 Å². The van der Waals surface area contributed by atoms with Gasteiger partial charge in [-0.3, -0.25) is 4.79 Å². The van der Waals surface area contributed by atoms with E-state index >= 15 is 0 Å². The zero-order valence-corrected chi connectivity index (χ0v) is 19.5. The number of nitrogens with zero attached hydrogens (tertiary/aromatic N) is 2. The van der Waals surface area contributed by atoms with Gasteiger partial charge in [-0.2, -0.15) is 5.10 Å². The topological polar surface area (TPSA) is 91.7 Å². The first-order chi connectivity index (χ1) is 16.9. The Labute approximate surface area is 202 Å². The standard InChI is InChI=1S/C26H26FN3O5/c1-17-22(18(2)30(29-17)21-6-4-20(27)5-7-21)8-10-26(32)35-16-25(31)28-12-11-19-3-9-23-24(15-19)34-14-13-33-23/h3-10,15H,11-14,16H2,1-2H3,(H,28,31)/b10-8+. The highest BCUT2D eigenvalue weighted by Crippen LogP contribution is 2.30. The van der Waals surface area contributed by atoms with E-state index in [1.165, 1.54) is 18.2 Å². The molecule has 0 bridgehead atoms. The summed E-state index contributed by atoms with van der Waals surface area (Å²) in [4.78, 5) is 24.1. The number of hydrogen-bond acceptors (Lipinski definition) is 6. The predicted octanol–water partition coefficient (Wildman–Crippen LogP) is 3.31. The van der Waals surface area contributed by atoms with Gasteiger partial charge in [0.2, 0.25) is 0 Å². The van der Waals surface area contributed by atoms with Crippen LogP contribution < -0.4 is 14.8 Å². The lowest BCUT2D eigenvalue weighted by atomic mass is 10.1. The van der Waals surface area contributed by atoms with Crippen LogP contribution in [-0.2, 0) is 20.7 Å². The average Bonchev–Trinajstić information content (AvgIpc) is 3.14. The largest absolute Gasteiger partial charge is 0.486 e. The maximum atomic E-state index is 13.2. The summed E-state index contributed by atoms with van der Waals surface area (Å²) in [7, 11) is 0. The average molecular weight is 480 g/mol. The summed E-state index contributed by atoms with van der Waals surface area (Å²) in [5, 5.41) is 7.19. The van der Waals surface area contributed by atoms with E-state index in [1.54, 1.807) is 22.9 Å². The molecule has 0 saturated carbocycles. The van der Waals surface area contributed by atoms with Crippen LogP contribution in [0.1, 0.15) is 22.5 Å². The third-order valence-corrected chi connectivity index (χ3v) is 5.49. The normalized spacial score (nSPS) is 12.5. The van der Waals surface area contributed by atoms with E-state index in [-0.39, 0.29) is 18.3 Å². The molecule has 0 radical (unpaired) electrons. The van der Waals surface area contributed by atoms with Gasteiger partial charge in [0, 0.05) is 23.9 Å². The van der Waals surface area contributed by atoms with Crippen molar-refractivity contribution in [1.82, 2.24) is 15.1 Å². The molecule has 0 spiro atoms. The van der Waals surface area contributed by atoms with Crippen molar-refractivity contribution in [3.05, 3.63) is 76.9 Å². The number of aryl methyl sites for hydroxylation is 1. The van der Waals surface area contributed by atoms with Crippen LogP contribution in [0.15, 0.2) is 48.5 Å². The molecule has 1 aromatic heterocycles. The van der Waals surface area contributed by atoms with Gasteiger partial charge in [-0.25, -0.2) is 13.9 Å². The fraction of sp³-hybridized carbons (Fsp3) is 0.269. The minimum Gasteiger partial charge on any atom is -0.486 e. The quantitative estimate of drug-likeness (QED) is 0.394. The number of carbonyl (C=O) groups excluding carboxylic acids is 2. The van der Waals surface area contributed by atoms with Gasteiger partial charge in [-0.1, -0.05) is 6.07 Å². The molecule has 2 heterocycles. The number of aromatic nitrogens is 2. The van der Waals surface area contributed by atoms with Gasteiger partial charge >= 0.3 is 5.97 Å². The maximum absolute atomic E-state index is 13.2. The Morgan fingerprint density at radius 2 is 1.86 bits per heavy atom. The molecule has 3 aromatic rings. The lowest BCUT2D eigenvalue weighted by Crippen LogP contribution is -2.30. The van der Waals surface area contributed by atoms with Crippen molar-refractivity contribution in [3.8, 4) is 17.2 Å². The lowest BCUT2D eigenvalue weighted by molar-refractivity contribution is -0.143. The smallest absolute Gasteiger partial charge is 0.331 e. The minimum atomic E-state index is -0.639. The molecule has 4 rings (SSSR count). The number of rotatable bonds is 8. The van der Waals surface area contributed by atoms with Crippen LogP contribution in [0.25, 0.3) is 11.8 Å². The fourth-order valence-corrected chi connectivity index (χ4v) is 3.71. The molecule has 1 aliphatic heterocycles. The molecule has 1 amide bonds. The Balaban J connectivity index is 1.24. The van der Waals surface area contributed by atoms with Crippen molar-refractivity contribution < 1.29 is 28.2 Å². The second kappa shape index (κ2) is 10.9. The fourth-order valence-electron chi connectivity index (χ4n) is 3.71. The molecular weight excluding hydrogens is 453 g/mol. The van der Waals surface area contributed by atoms with Crippen molar-refractivity contribution in [3.63, 3.8) is 0 Å². The van der Waals surface area contributed by atoms with Gasteiger partial charge in [-0.05, 0) is 68.3 Å². The van der Waals surface area contributed by atoms with E-state index in [1.807, 2.05) is 32.0 Å². The summed E-state index contributed by atoms with van der Waals surface area (Å²) in [5.74, 6) is 0.0678. The highest BCUT2D eigenvalue weighted by molar-refractivity contribution is 5.89. The van der Waals surface area contributed by atoms with E-state index in [0.717, 1.165) is 22.6 Å². The number of carbonyl (C=O) groups is 2. The first kappa shape index (κ1) is 24.0. The van der Waals surface area contributed by atoms with Crippen LogP contribution in [0, 0.1) is 19.7 Å². The lowest BCUT2D eigenvalue weighted by Gasteiger charge is -2.18. The minimum absolute atomic E-state index is 0.328. The predicted molar refractivity (Wildman–Crippen MR) is 127 cm³/mol. The van der Waals surface area contributed by atoms with Crippen LogP contribution in [0.3, 0.4) is 0 Å². The molecule has 0 fully saturated rings. The first-order valence-electron chi connectivity index (χ1n) is 11.2. The van der Waals surface area contributed by atoms with Gasteiger partial charge in [-0.15, -0.1) is 0 Å². The van der Waals surface area contributed by atoms with E-state index < -0.39 is 5.97 Å². The van der Waals surface area contributed by atoms with Gasteiger partial charge in [0.15, 0.2) is 18.1 Å². The van der Waals surface area contributed by atoms with Crippen molar-refractivity contribution in [1.29, 1.82) is 0 Å². The Kier molecular flexibility index (Phi) is 7.45. The molecule has 182 valence electrons. The molecule has 1 aliphatic rings. The van der Waals surface area contributed by atoms with Gasteiger partial charge < -0.3 is 19.5 Å². The van der Waals surface area contributed by atoms with Gasteiger partial charge in [0.1, 0.15) is 19.0 Å². The number of esters is 1. The molecule has 8 nitrogen and oxygen atoms in total. The van der Waals surface area contributed by atoms with E-state index in [9.17, 15) is 14.0 Å². The second-order valence-electron chi connectivity index (χ2n) is 7.99. The van der Waals surface area contributed by atoms with Crippen LogP contribution in [0.4, 0.5) is 4.39 Å². The Morgan fingerprint density at radius 3 is 2.63 bits per heavy atom. The molecule has 0 aliphatic carbocycles. The van der Waals surface area contributed by atoms with E-state index in [4.69, 9.17) is 14.2 Å². The summed E-state index contributed by atoms with van der Waals surface area (Å²) >= 11 is 0. The number of fused-ring (bicyclic) bond motifs is 1. The van der Waals surface area contributed by atoms with Gasteiger partial charge in [0.05, 0.1) is 11.4 Å². The monoisotopic (exact) mass is 479 g/mol. The van der Waals surface area contributed by atoms with Crippen LogP contribution in [0.2, 0.25) is 0 Å². The molecule has 35 heavy (non-hydrogen) atoms. The molecule has 0 saturated heterocycles. The van der Waals surface area contributed by atoms with Crippen molar-refractivity contribution >= 4 is 18.0 Å². The Hall–Kier alpha value is -4.14. The number of benzene rings is 2. The zero-order valence-electron chi connectivity index (χ0n) is 19.5. The Morgan fingerprint density at radius 1 is 1.11 bits per heavy atom. The van der Waals surface area contributed by atoms with E-state index in [2.05, 4.69) is 10.4 Å².